The lowest BCUT2D eigenvalue weighted by atomic mass is 9.89. The topological polar surface area (TPSA) is 38.5 Å². The standard InChI is InChI=1S/C17H28N2O/c1-4-20-17-8-6-5-7-16(17)14(3)19-11-9-15(10-12-19)13(2)18/h5-8,13-15H,4,9-12,18H2,1-3H3. The van der Waals surface area contributed by atoms with Crippen LogP contribution < -0.4 is 10.5 Å². The van der Waals surface area contributed by atoms with Gasteiger partial charge in [-0.2, -0.15) is 0 Å². The summed E-state index contributed by atoms with van der Waals surface area (Å²) < 4.78 is 5.76. The Kier molecular flexibility index (Phi) is 5.44. The van der Waals surface area contributed by atoms with Crippen molar-refractivity contribution in [2.75, 3.05) is 19.7 Å². The second kappa shape index (κ2) is 7.09. The quantitative estimate of drug-likeness (QED) is 0.897. The van der Waals surface area contributed by atoms with Crippen molar-refractivity contribution in [3.8, 4) is 5.75 Å². The number of ether oxygens (including phenoxy) is 1. The molecule has 20 heavy (non-hydrogen) atoms. The number of nitrogens with two attached hydrogens (primary N) is 1. The van der Waals surface area contributed by atoms with Crippen molar-refractivity contribution in [3.05, 3.63) is 29.8 Å². The van der Waals surface area contributed by atoms with E-state index < -0.39 is 0 Å². The SMILES string of the molecule is CCOc1ccccc1C(C)N1CCC(C(C)N)CC1. The van der Waals surface area contributed by atoms with Crippen molar-refractivity contribution >= 4 is 0 Å². The fourth-order valence-electron chi connectivity index (χ4n) is 3.14. The number of nitrogens with zero attached hydrogens (tertiary/aromatic N) is 1. The molecule has 0 saturated carbocycles. The molecule has 1 aliphatic rings. The summed E-state index contributed by atoms with van der Waals surface area (Å²) in [6.45, 7) is 9.44. The lowest BCUT2D eigenvalue weighted by molar-refractivity contribution is 0.130. The third-order valence-corrected chi connectivity index (χ3v) is 4.53. The van der Waals surface area contributed by atoms with Crippen LogP contribution >= 0.6 is 0 Å². The van der Waals surface area contributed by atoms with Crippen LogP contribution in [0.5, 0.6) is 5.75 Å². The van der Waals surface area contributed by atoms with E-state index in [0.717, 1.165) is 25.4 Å². The number of para-hydroxylation sites is 1. The van der Waals surface area contributed by atoms with Gasteiger partial charge in [-0.3, -0.25) is 4.90 Å². The van der Waals surface area contributed by atoms with E-state index in [1.165, 1.54) is 18.4 Å². The second-order valence-corrected chi connectivity index (χ2v) is 5.88. The van der Waals surface area contributed by atoms with Gasteiger partial charge in [0.25, 0.3) is 0 Å². The molecule has 3 heteroatoms. The minimum atomic E-state index is 0.322. The van der Waals surface area contributed by atoms with Crippen LogP contribution in [-0.4, -0.2) is 30.6 Å². The van der Waals surface area contributed by atoms with E-state index in [0.29, 0.717) is 18.0 Å². The van der Waals surface area contributed by atoms with Crippen molar-refractivity contribution in [3.63, 3.8) is 0 Å². The van der Waals surface area contributed by atoms with E-state index >= 15 is 0 Å². The number of hydrogen-bond donors (Lipinski definition) is 1. The van der Waals surface area contributed by atoms with Crippen molar-refractivity contribution < 1.29 is 4.74 Å². The molecule has 1 aromatic rings. The van der Waals surface area contributed by atoms with Gasteiger partial charge in [0.15, 0.2) is 0 Å². The van der Waals surface area contributed by atoms with Gasteiger partial charge in [-0.15, -0.1) is 0 Å². The van der Waals surface area contributed by atoms with Gasteiger partial charge in [0.1, 0.15) is 5.75 Å². The normalized spacial score (nSPS) is 20.6. The van der Waals surface area contributed by atoms with Gasteiger partial charge in [-0.05, 0) is 58.7 Å². The highest BCUT2D eigenvalue weighted by atomic mass is 16.5. The third kappa shape index (κ3) is 3.53. The highest BCUT2D eigenvalue weighted by molar-refractivity contribution is 5.35. The van der Waals surface area contributed by atoms with Crippen LogP contribution in [-0.2, 0) is 0 Å². The molecule has 1 aliphatic heterocycles. The summed E-state index contributed by atoms with van der Waals surface area (Å²) in [5.74, 6) is 1.71. The summed E-state index contributed by atoms with van der Waals surface area (Å²) in [6.07, 6.45) is 2.41. The van der Waals surface area contributed by atoms with E-state index in [1.54, 1.807) is 0 Å². The molecule has 1 saturated heterocycles. The van der Waals surface area contributed by atoms with Crippen LogP contribution in [0.4, 0.5) is 0 Å². The van der Waals surface area contributed by atoms with Gasteiger partial charge in [-0.25, -0.2) is 0 Å². The average Bonchev–Trinajstić information content (AvgIpc) is 2.47. The van der Waals surface area contributed by atoms with Gasteiger partial charge in [0.05, 0.1) is 6.61 Å². The van der Waals surface area contributed by atoms with Crippen LogP contribution in [0.3, 0.4) is 0 Å². The van der Waals surface area contributed by atoms with Crippen molar-refractivity contribution in [1.82, 2.24) is 4.90 Å². The Bertz CT molecular complexity index is 411. The Morgan fingerprint density at radius 3 is 2.50 bits per heavy atom. The maximum absolute atomic E-state index is 6.02. The molecule has 1 heterocycles. The van der Waals surface area contributed by atoms with E-state index in [-0.39, 0.29) is 0 Å². The Balaban J connectivity index is 2.03. The lowest BCUT2D eigenvalue weighted by Gasteiger charge is -2.37. The first-order chi connectivity index (χ1) is 9.63. The molecular weight excluding hydrogens is 248 g/mol. The molecular formula is C17H28N2O. The fourth-order valence-corrected chi connectivity index (χ4v) is 3.14. The molecule has 112 valence electrons. The molecule has 0 spiro atoms. The third-order valence-electron chi connectivity index (χ3n) is 4.53. The molecule has 2 rings (SSSR count). The maximum Gasteiger partial charge on any atom is 0.124 e. The van der Waals surface area contributed by atoms with Gasteiger partial charge >= 0.3 is 0 Å². The summed E-state index contributed by atoms with van der Waals surface area (Å²) in [5.41, 5.74) is 7.32. The summed E-state index contributed by atoms with van der Waals surface area (Å²) in [4.78, 5) is 2.55. The molecule has 0 radical (unpaired) electrons. The van der Waals surface area contributed by atoms with Gasteiger partial charge in [-0.1, -0.05) is 18.2 Å². The molecule has 0 bridgehead atoms. The zero-order valence-corrected chi connectivity index (χ0v) is 13.0. The molecule has 2 N–H and O–H groups in total. The van der Waals surface area contributed by atoms with Crippen LogP contribution in [0.25, 0.3) is 0 Å². The number of likely N-dealkylation sites (tertiary alicyclic amines) is 1. The van der Waals surface area contributed by atoms with Crippen LogP contribution in [0.2, 0.25) is 0 Å². The molecule has 0 aliphatic carbocycles. The average molecular weight is 276 g/mol. The zero-order valence-electron chi connectivity index (χ0n) is 13.0. The maximum atomic E-state index is 6.02. The van der Waals surface area contributed by atoms with E-state index in [2.05, 4.69) is 36.9 Å². The lowest BCUT2D eigenvalue weighted by Crippen LogP contribution is -2.40. The predicted octanol–water partition coefficient (Wildman–Crippen LogP) is 3.21. The van der Waals surface area contributed by atoms with Crippen molar-refractivity contribution in [2.24, 2.45) is 11.7 Å². The molecule has 2 atom stereocenters. The first-order valence-corrected chi connectivity index (χ1v) is 7.84. The van der Waals surface area contributed by atoms with Gasteiger partial charge in [0, 0.05) is 17.6 Å². The molecule has 2 unspecified atom stereocenters. The predicted molar refractivity (Wildman–Crippen MR) is 84.0 cm³/mol. The Labute approximate surface area is 123 Å². The highest BCUT2D eigenvalue weighted by Gasteiger charge is 2.26. The first kappa shape index (κ1) is 15.3. The van der Waals surface area contributed by atoms with Gasteiger partial charge in [0.2, 0.25) is 0 Å². The number of rotatable bonds is 5. The smallest absolute Gasteiger partial charge is 0.124 e. The zero-order chi connectivity index (χ0) is 14.5. The largest absolute Gasteiger partial charge is 0.494 e. The molecule has 1 fully saturated rings. The Morgan fingerprint density at radius 1 is 1.25 bits per heavy atom. The number of piperidine rings is 1. The van der Waals surface area contributed by atoms with Crippen LogP contribution in [0.15, 0.2) is 24.3 Å². The van der Waals surface area contributed by atoms with Crippen LogP contribution in [0.1, 0.15) is 45.2 Å². The summed E-state index contributed by atoms with van der Waals surface area (Å²) >= 11 is 0. The van der Waals surface area contributed by atoms with Crippen LogP contribution in [0, 0.1) is 5.92 Å². The molecule has 0 amide bonds. The Morgan fingerprint density at radius 2 is 1.90 bits per heavy atom. The van der Waals surface area contributed by atoms with E-state index in [4.69, 9.17) is 10.5 Å². The summed E-state index contributed by atoms with van der Waals surface area (Å²) in [5, 5.41) is 0. The molecule has 1 aromatic carbocycles. The monoisotopic (exact) mass is 276 g/mol. The first-order valence-electron chi connectivity index (χ1n) is 7.84. The minimum absolute atomic E-state index is 0.322. The van der Waals surface area contributed by atoms with Gasteiger partial charge < -0.3 is 10.5 Å². The Hall–Kier alpha value is -1.06. The van der Waals surface area contributed by atoms with Crippen molar-refractivity contribution in [2.45, 2.75) is 45.7 Å². The number of hydrogen-bond acceptors (Lipinski definition) is 3. The molecule has 3 nitrogen and oxygen atoms in total. The van der Waals surface area contributed by atoms with Crippen molar-refractivity contribution in [1.29, 1.82) is 0 Å². The molecule has 0 aromatic heterocycles. The second-order valence-electron chi connectivity index (χ2n) is 5.88. The fraction of sp³-hybridized carbons (Fsp3) is 0.647. The van der Waals surface area contributed by atoms with E-state index in [1.807, 2.05) is 13.0 Å². The minimum Gasteiger partial charge on any atom is -0.494 e. The summed E-state index contributed by atoms with van der Waals surface area (Å²) in [7, 11) is 0. The van der Waals surface area contributed by atoms with E-state index in [9.17, 15) is 0 Å². The highest BCUT2D eigenvalue weighted by Crippen LogP contribution is 2.32. The number of benzene rings is 1. The summed E-state index contributed by atoms with van der Waals surface area (Å²) in [6, 6.07) is 9.14.